The Morgan fingerprint density at radius 3 is 1.32 bits per heavy atom. The van der Waals surface area contributed by atoms with Gasteiger partial charge >= 0.3 is 0 Å². The van der Waals surface area contributed by atoms with Gasteiger partial charge < -0.3 is 18.9 Å². The molecule has 4 aromatic rings. The highest BCUT2D eigenvalue weighted by atomic mass is 127. The molecule has 0 spiro atoms. The van der Waals surface area contributed by atoms with E-state index in [9.17, 15) is 5.26 Å². The zero-order valence-electron chi connectivity index (χ0n) is 22.4. The molecule has 0 fully saturated rings. The van der Waals surface area contributed by atoms with Crippen molar-refractivity contribution in [3.63, 3.8) is 0 Å². The lowest BCUT2D eigenvalue weighted by Crippen LogP contribution is -2.47. The van der Waals surface area contributed by atoms with E-state index < -0.39 is 18.3 Å². The number of hydrogen-bond donors (Lipinski definition) is 0. The fraction of sp³-hybridized carbons (Fsp3) is 0.265. The van der Waals surface area contributed by atoms with Crippen LogP contribution in [0.5, 0.6) is 0 Å². The minimum Gasteiger partial charge on any atom is -0.376 e. The van der Waals surface area contributed by atoms with Gasteiger partial charge in [0.25, 0.3) is 0 Å². The maximum Gasteiger partial charge on any atom is 0.172 e. The van der Waals surface area contributed by atoms with Crippen molar-refractivity contribution in [2.45, 2.75) is 48.7 Å². The summed E-state index contributed by atoms with van der Waals surface area (Å²) in [6.07, 6.45) is -1.98. The summed E-state index contributed by atoms with van der Waals surface area (Å²) in [7, 11) is 0. The molecule has 0 bridgehead atoms. The van der Waals surface area contributed by atoms with Crippen molar-refractivity contribution in [3.8, 4) is 6.07 Å². The Morgan fingerprint density at radius 1 is 0.525 bits per heavy atom. The van der Waals surface area contributed by atoms with E-state index >= 15 is 0 Å². The minimum absolute atomic E-state index is 0.109. The SMILES string of the molecule is N#C[C@H](OCc1ccccc1)[C@@H](OCc1ccccc1)[C@H](OCc1ccccc1)[C@@H](I)COCc1ccccc1. The second kappa shape index (κ2) is 16.9. The summed E-state index contributed by atoms with van der Waals surface area (Å²) < 4.78 is 25.2. The molecule has 4 atom stereocenters. The molecule has 0 radical (unpaired) electrons. The van der Waals surface area contributed by atoms with Crippen LogP contribution in [-0.4, -0.2) is 28.8 Å². The zero-order valence-corrected chi connectivity index (χ0v) is 24.5. The van der Waals surface area contributed by atoms with Crippen LogP contribution >= 0.6 is 22.6 Å². The van der Waals surface area contributed by atoms with E-state index in [4.69, 9.17) is 18.9 Å². The Morgan fingerprint density at radius 2 is 0.900 bits per heavy atom. The van der Waals surface area contributed by atoms with Gasteiger partial charge in [0.2, 0.25) is 0 Å². The molecule has 0 unspecified atom stereocenters. The van der Waals surface area contributed by atoms with E-state index in [0.717, 1.165) is 22.3 Å². The normalized spacial score (nSPS) is 14.1. The second-order valence-corrected chi connectivity index (χ2v) is 11.0. The minimum atomic E-state index is -0.851. The predicted molar refractivity (Wildman–Crippen MR) is 165 cm³/mol. The Bertz CT molecular complexity index is 1270. The van der Waals surface area contributed by atoms with Crippen LogP contribution in [0.3, 0.4) is 0 Å². The number of hydrogen-bond acceptors (Lipinski definition) is 5. The largest absolute Gasteiger partial charge is 0.376 e. The molecule has 5 nitrogen and oxygen atoms in total. The standard InChI is InChI=1S/C34H34INO4/c35-31(26-37-22-27-13-5-1-6-14-27)33(39-24-29-17-9-3-10-18-29)34(40-25-30-19-11-4-12-20-30)32(21-36)38-23-28-15-7-2-8-16-28/h1-20,31-34H,22-26H2/t31-,32-,33+,34+/m0/s1. The summed E-state index contributed by atoms with van der Waals surface area (Å²) in [6.45, 7) is 1.93. The van der Waals surface area contributed by atoms with Crippen molar-refractivity contribution in [1.29, 1.82) is 5.26 Å². The van der Waals surface area contributed by atoms with Gasteiger partial charge in [-0.1, -0.05) is 144 Å². The molecule has 0 aliphatic heterocycles. The van der Waals surface area contributed by atoms with E-state index in [1.54, 1.807) is 0 Å². The molecule has 0 saturated heterocycles. The van der Waals surface area contributed by atoms with Gasteiger partial charge in [-0.3, -0.25) is 0 Å². The first-order valence-electron chi connectivity index (χ1n) is 13.3. The van der Waals surface area contributed by atoms with Crippen LogP contribution in [0.2, 0.25) is 0 Å². The third-order valence-corrected chi connectivity index (χ3v) is 7.41. The number of nitriles is 1. The van der Waals surface area contributed by atoms with Gasteiger partial charge in [0.1, 0.15) is 12.2 Å². The van der Waals surface area contributed by atoms with Crippen LogP contribution < -0.4 is 0 Å². The number of halogens is 1. The van der Waals surface area contributed by atoms with Crippen molar-refractivity contribution in [2.24, 2.45) is 0 Å². The van der Waals surface area contributed by atoms with Gasteiger partial charge in [0.05, 0.1) is 43.0 Å². The average molecular weight is 648 g/mol. The zero-order chi connectivity index (χ0) is 27.8. The molecule has 0 aliphatic carbocycles. The first kappa shape index (κ1) is 29.9. The fourth-order valence-corrected chi connectivity index (χ4v) is 5.09. The lowest BCUT2D eigenvalue weighted by atomic mass is 10.0. The highest BCUT2D eigenvalue weighted by molar-refractivity contribution is 14.1. The summed E-state index contributed by atoms with van der Waals surface area (Å²) in [5, 5.41) is 10.3. The van der Waals surface area contributed by atoms with E-state index in [2.05, 4.69) is 28.7 Å². The highest BCUT2D eigenvalue weighted by Gasteiger charge is 2.37. The molecule has 4 rings (SSSR count). The third-order valence-electron chi connectivity index (χ3n) is 6.34. The fourth-order valence-electron chi connectivity index (χ4n) is 4.22. The highest BCUT2D eigenvalue weighted by Crippen LogP contribution is 2.25. The van der Waals surface area contributed by atoms with Gasteiger partial charge in [-0.15, -0.1) is 0 Å². The van der Waals surface area contributed by atoms with Gasteiger partial charge in [-0.05, 0) is 22.3 Å². The number of benzene rings is 4. The number of rotatable bonds is 16. The smallest absolute Gasteiger partial charge is 0.172 e. The van der Waals surface area contributed by atoms with Crippen molar-refractivity contribution in [1.82, 2.24) is 0 Å². The molecule has 40 heavy (non-hydrogen) atoms. The van der Waals surface area contributed by atoms with Crippen molar-refractivity contribution in [3.05, 3.63) is 144 Å². The number of alkyl halides is 1. The summed E-state index contributed by atoms with van der Waals surface area (Å²) in [6, 6.07) is 42.2. The predicted octanol–water partition coefficient (Wildman–Crippen LogP) is 7.29. The van der Waals surface area contributed by atoms with E-state index in [1.807, 2.05) is 121 Å². The molecule has 0 aliphatic rings. The summed E-state index contributed by atoms with van der Waals surface area (Å²) >= 11 is 2.35. The molecule has 0 heterocycles. The van der Waals surface area contributed by atoms with Crippen LogP contribution in [0.15, 0.2) is 121 Å². The quantitative estimate of drug-likeness (QED) is 0.0945. The third kappa shape index (κ3) is 9.84. The van der Waals surface area contributed by atoms with Gasteiger partial charge in [0.15, 0.2) is 6.10 Å². The van der Waals surface area contributed by atoms with E-state index in [-0.39, 0.29) is 3.92 Å². The molecule has 0 N–H and O–H groups in total. The maximum absolute atomic E-state index is 10.3. The summed E-state index contributed by atoms with van der Waals surface area (Å²) in [4.78, 5) is 0. The summed E-state index contributed by atoms with van der Waals surface area (Å²) in [5.74, 6) is 0. The van der Waals surface area contributed by atoms with Crippen molar-refractivity contribution >= 4 is 22.6 Å². The van der Waals surface area contributed by atoms with Gasteiger partial charge in [-0.25, -0.2) is 0 Å². The molecule has 206 valence electrons. The molecular weight excluding hydrogens is 613 g/mol. The van der Waals surface area contributed by atoms with Gasteiger partial charge in [-0.2, -0.15) is 5.26 Å². The molecule has 6 heteroatoms. The molecule has 4 aromatic carbocycles. The number of ether oxygens (including phenoxy) is 4. The maximum atomic E-state index is 10.3. The van der Waals surface area contributed by atoms with Crippen LogP contribution in [0.25, 0.3) is 0 Å². The van der Waals surface area contributed by atoms with Crippen LogP contribution in [-0.2, 0) is 45.4 Å². The topological polar surface area (TPSA) is 60.7 Å². The molecular formula is C34H34INO4. The number of nitrogens with zero attached hydrogens (tertiary/aromatic N) is 1. The monoisotopic (exact) mass is 647 g/mol. The molecule has 0 saturated carbocycles. The van der Waals surface area contributed by atoms with Crippen LogP contribution in [0.4, 0.5) is 0 Å². The first-order chi connectivity index (χ1) is 19.7. The Labute approximate surface area is 250 Å². The van der Waals surface area contributed by atoms with Crippen molar-refractivity contribution < 1.29 is 18.9 Å². The van der Waals surface area contributed by atoms with Crippen molar-refractivity contribution in [2.75, 3.05) is 6.61 Å². The Hall–Kier alpha value is -3.06. The average Bonchev–Trinajstić information content (AvgIpc) is 3.01. The van der Waals surface area contributed by atoms with Crippen LogP contribution in [0, 0.1) is 11.3 Å². The van der Waals surface area contributed by atoms with Gasteiger partial charge in [0, 0.05) is 0 Å². The lowest BCUT2D eigenvalue weighted by Gasteiger charge is -2.33. The van der Waals surface area contributed by atoms with E-state index in [1.165, 1.54) is 0 Å². The van der Waals surface area contributed by atoms with Crippen LogP contribution in [0.1, 0.15) is 22.3 Å². The Balaban J connectivity index is 1.53. The Kier molecular flexibility index (Phi) is 12.6. The lowest BCUT2D eigenvalue weighted by molar-refractivity contribution is -0.138. The summed E-state index contributed by atoms with van der Waals surface area (Å²) in [5.41, 5.74) is 4.15. The van der Waals surface area contributed by atoms with E-state index in [0.29, 0.717) is 33.0 Å². The molecule has 0 aromatic heterocycles. The second-order valence-electron chi connectivity index (χ2n) is 9.39. The first-order valence-corrected chi connectivity index (χ1v) is 14.6. The molecule has 0 amide bonds.